The molecule has 0 atom stereocenters. The maximum absolute atomic E-state index is 12.0. The van der Waals surface area contributed by atoms with E-state index >= 15 is 0 Å². The second kappa shape index (κ2) is 4.97. The van der Waals surface area contributed by atoms with Crippen LogP contribution in [0.15, 0.2) is 6.07 Å². The van der Waals surface area contributed by atoms with Crippen LogP contribution in [0.1, 0.15) is 39.9 Å². The quantitative estimate of drug-likeness (QED) is 0.811. The zero-order chi connectivity index (χ0) is 11.5. The van der Waals surface area contributed by atoms with Crippen molar-refractivity contribution in [2.24, 2.45) is 0 Å². The highest BCUT2D eigenvalue weighted by atomic mass is 32.1. The first-order chi connectivity index (χ1) is 7.72. The van der Waals surface area contributed by atoms with E-state index in [1.807, 2.05) is 6.07 Å². The Morgan fingerprint density at radius 2 is 2.44 bits per heavy atom. The topological polar surface area (TPSA) is 29.5 Å². The van der Waals surface area contributed by atoms with Gasteiger partial charge in [0.2, 0.25) is 0 Å². The maximum Gasteiger partial charge on any atom is 0.287 e. The van der Waals surface area contributed by atoms with Gasteiger partial charge in [0, 0.05) is 4.88 Å². The lowest BCUT2D eigenvalue weighted by atomic mass is 10.1. The van der Waals surface area contributed by atoms with Crippen LogP contribution in [-0.2, 0) is 11.3 Å². The van der Waals surface area contributed by atoms with Crippen molar-refractivity contribution >= 4 is 17.2 Å². The van der Waals surface area contributed by atoms with Gasteiger partial charge in [-0.1, -0.05) is 13.3 Å². The molecule has 0 aromatic carbocycles. The van der Waals surface area contributed by atoms with Crippen molar-refractivity contribution in [3.05, 3.63) is 21.4 Å². The zero-order valence-corrected chi connectivity index (χ0v) is 10.6. The second-order valence-electron chi connectivity index (χ2n) is 4.04. The van der Waals surface area contributed by atoms with Crippen molar-refractivity contribution in [1.29, 1.82) is 0 Å². The first kappa shape index (κ1) is 11.6. The lowest BCUT2D eigenvalue weighted by Gasteiger charge is -2.11. The summed E-state index contributed by atoms with van der Waals surface area (Å²) in [6.45, 7) is 5.62. The van der Waals surface area contributed by atoms with Crippen molar-refractivity contribution in [1.82, 2.24) is 5.06 Å². The summed E-state index contributed by atoms with van der Waals surface area (Å²) in [4.78, 5) is 19.4. The molecule has 4 heteroatoms. The van der Waals surface area contributed by atoms with E-state index in [1.165, 1.54) is 15.5 Å². The molecule has 0 bridgehead atoms. The number of amides is 1. The van der Waals surface area contributed by atoms with E-state index in [-0.39, 0.29) is 5.91 Å². The molecule has 88 valence electrons. The molecular weight excluding hydrogens is 222 g/mol. The van der Waals surface area contributed by atoms with Crippen LogP contribution in [0.25, 0.3) is 0 Å². The van der Waals surface area contributed by atoms with Gasteiger partial charge in [0.1, 0.15) is 0 Å². The number of hydrogen-bond donors (Lipinski definition) is 0. The third-order valence-electron chi connectivity index (χ3n) is 2.73. The average Bonchev–Trinajstić information content (AvgIpc) is 2.88. The predicted molar refractivity (Wildman–Crippen MR) is 64.7 cm³/mol. The molecule has 2 rings (SSSR count). The molecule has 1 fully saturated rings. The summed E-state index contributed by atoms with van der Waals surface area (Å²) >= 11 is 1.58. The van der Waals surface area contributed by atoms with Crippen LogP contribution >= 0.6 is 11.3 Å². The van der Waals surface area contributed by atoms with Gasteiger partial charge in [-0.05, 0) is 31.4 Å². The summed E-state index contributed by atoms with van der Waals surface area (Å²) in [6.07, 6.45) is 3.11. The van der Waals surface area contributed by atoms with Gasteiger partial charge < -0.3 is 0 Å². The molecule has 1 aliphatic rings. The minimum absolute atomic E-state index is 0.0213. The van der Waals surface area contributed by atoms with Gasteiger partial charge in [-0.25, -0.2) is 5.06 Å². The monoisotopic (exact) mass is 239 g/mol. The highest BCUT2D eigenvalue weighted by Crippen LogP contribution is 2.25. The zero-order valence-electron chi connectivity index (χ0n) is 9.78. The standard InChI is InChI=1S/C12H17NO2S/c1-3-5-10-8-11(16-9(10)2)12(14)13-6-4-7-15-13/h8H,3-7H2,1-2H3. The fourth-order valence-corrected chi connectivity index (χ4v) is 2.89. The molecule has 0 saturated carbocycles. The van der Waals surface area contributed by atoms with Gasteiger partial charge >= 0.3 is 0 Å². The summed E-state index contributed by atoms with van der Waals surface area (Å²) in [7, 11) is 0. The summed E-state index contributed by atoms with van der Waals surface area (Å²) in [6, 6.07) is 2.02. The van der Waals surface area contributed by atoms with E-state index in [0.29, 0.717) is 6.61 Å². The van der Waals surface area contributed by atoms with Crippen LogP contribution in [0.3, 0.4) is 0 Å². The SMILES string of the molecule is CCCc1cc(C(=O)N2CCCO2)sc1C. The molecule has 0 spiro atoms. The van der Waals surface area contributed by atoms with E-state index in [1.54, 1.807) is 11.3 Å². The fraction of sp³-hybridized carbons (Fsp3) is 0.583. The van der Waals surface area contributed by atoms with Gasteiger partial charge in [0.25, 0.3) is 5.91 Å². The summed E-state index contributed by atoms with van der Waals surface area (Å²) in [5, 5.41) is 1.49. The van der Waals surface area contributed by atoms with Crippen LogP contribution in [-0.4, -0.2) is 24.1 Å². The van der Waals surface area contributed by atoms with Crippen molar-refractivity contribution in [3.63, 3.8) is 0 Å². The van der Waals surface area contributed by atoms with Gasteiger partial charge in [0.15, 0.2) is 0 Å². The van der Waals surface area contributed by atoms with Crippen molar-refractivity contribution in [2.75, 3.05) is 13.2 Å². The minimum Gasteiger partial charge on any atom is -0.271 e. The first-order valence-corrected chi connectivity index (χ1v) is 6.58. The molecule has 3 nitrogen and oxygen atoms in total. The number of aryl methyl sites for hydroxylation is 2. The number of hydroxylamine groups is 2. The Labute approximate surface area is 100.0 Å². The molecule has 1 aromatic heterocycles. The molecule has 0 unspecified atom stereocenters. The Balaban J connectivity index is 2.13. The number of rotatable bonds is 3. The third-order valence-corrected chi connectivity index (χ3v) is 3.81. The molecule has 1 amide bonds. The van der Waals surface area contributed by atoms with Crippen molar-refractivity contribution in [2.45, 2.75) is 33.1 Å². The summed E-state index contributed by atoms with van der Waals surface area (Å²) in [5.41, 5.74) is 1.30. The number of carbonyl (C=O) groups excluding carboxylic acids is 1. The predicted octanol–water partition coefficient (Wildman–Crippen LogP) is 2.79. The lowest BCUT2D eigenvalue weighted by molar-refractivity contribution is -0.0765. The normalized spacial score (nSPS) is 15.8. The van der Waals surface area contributed by atoms with E-state index in [2.05, 4.69) is 13.8 Å². The molecule has 0 aliphatic carbocycles. The lowest BCUT2D eigenvalue weighted by Crippen LogP contribution is -2.25. The van der Waals surface area contributed by atoms with Crippen LogP contribution in [0, 0.1) is 6.92 Å². The Morgan fingerprint density at radius 3 is 3.06 bits per heavy atom. The highest BCUT2D eigenvalue weighted by Gasteiger charge is 2.22. The molecule has 0 radical (unpaired) electrons. The third kappa shape index (κ3) is 2.28. The van der Waals surface area contributed by atoms with E-state index in [4.69, 9.17) is 4.84 Å². The fourth-order valence-electron chi connectivity index (χ4n) is 1.87. The van der Waals surface area contributed by atoms with Crippen molar-refractivity contribution in [3.8, 4) is 0 Å². The van der Waals surface area contributed by atoms with E-state index < -0.39 is 0 Å². The van der Waals surface area contributed by atoms with Gasteiger partial charge in [0.05, 0.1) is 18.0 Å². The van der Waals surface area contributed by atoms with Crippen LogP contribution in [0.4, 0.5) is 0 Å². The van der Waals surface area contributed by atoms with Gasteiger partial charge in [-0.3, -0.25) is 9.63 Å². The van der Waals surface area contributed by atoms with Crippen molar-refractivity contribution < 1.29 is 9.63 Å². The molecule has 1 aromatic rings. The van der Waals surface area contributed by atoms with E-state index in [0.717, 1.165) is 30.7 Å². The smallest absolute Gasteiger partial charge is 0.271 e. The number of nitrogens with zero attached hydrogens (tertiary/aromatic N) is 1. The second-order valence-corrected chi connectivity index (χ2v) is 5.29. The Kier molecular flexibility index (Phi) is 3.61. The number of thiophene rings is 1. The summed E-state index contributed by atoms with van der Waals surface area (Å²) in [5.74, 6) is 0.0213. The van der Waals surface area contributed by atoms with E-state index in [9.17, 15) is 4.79 Å². The largest absolute Gasteiger partial charge is 0.287 e. The summed E-state index contributed by atoms with van der Waals surface area (Å²) < 4.78 is 0. The Bertz CT molecular complexity index is 380. The Hall–Kier alpha value is -0.870. The van der Waals surface area contributed by atoms with Gasteiger partial charge in [-0.15, -0.1) is 11.3 Å². The number of carbonyl (C=O) groups is 1. The molecule has 0 N–H and O–H groups in total. The molecular formula is C12H17NO2S. The van der Waals surface area contributed by atoms with Crippen LogP contribution < -0.4 is 0 Å². The molecule has 16 heavy (non-hydrogen) atoms. The highest BCUT2D eigenvalue weighted by molar-refractivity contribution is 7.14. The Morgan fingerprint density at radius 1 is 1.62 bits per heavy atom. The maximum atomic E-state index is 12.0. The van der Waals surface area contributed by atoms with Crippen LogP contribution in [0.2, 0.25) is 0 Å². The number of hydrogen-bond acceptors (Lipinski definition) is 3. The first-order valence-electron chi connectivity index (χ1n) is 5.76. The molecule has 2 heterocycles. The molecule has 1 saturated heterocycles. The molecule has 1 aliphatic heterocycles. The van der Waals surface area contributed by atoms with Crippen LogP contribution in [0.5, 0.6) is 0 Å². The van der Waals surface area contributed by atoms with Gasteiger partial charge in [-0.2, -0.15) is 0 Å². The minimum atomic E-state index is 0.0213. The average molecular weight is 239 g/mol.